The van der Waals surface area contributed by atoms with Gasteiger partial charge in [-0.25, -0.2) is 0 Å². The average molecular weight is 259 g/mol. The molecule has 0 bridgehead atoms. The number of likely N-dealkylation sites (N-methyl/N-ethyl adjacent to an activating group) is 1. The van der Waals surface area contributed by atoms with Gasteiger partial charge in [-0.1, -0.05) is 18.2 Å². The smallest absolute Gasteiger partial charge is 0.253 e. The van der Waals surface area contributed by atoms with Crippen molar-refractivity contribution in [2.24, 2.45) is 0 Å². The Labute approximate surface area is 111 Å². The molecule has 5 heteroatoms. The molecule has 1 aromatic carbocycles. The van der Waals surface area contributed by atoms with Crippen LogP contribution in [-0.2, 0) is 4.79 Å². The molecular formula is C14H17N3O2. The molecule has 2 rings (SSSR count). The molecule has 0 saturated carbocycles. The summed E-state index contributed by atoms with van der Waals surface area (Å²) in [6.45, 7) is 2.53. The number of carbonyl (C=O) groups excluding carboxylic acids is 2. The second-order valence-corrected chi connectivity index (χ2v) is 4.34. The summed E-state index contributed by atoms with van der Waals surface area (Å²) in [4.78, 5) is 28.2. The lowest BCUT2D eigenvalue weighted by Gasteiger charge is -2.14. The zero-order valence-corrected chi connectivity index (χ0v) is 11.1. The number of aromatic nitrogens is 1. The fourth-order valence-corrected chi connectivity index (χ4v) is 1.82. The van der Waals surface area contributed by atoms with E-state index < -0.39 is 0 Å². The summed E-state index contributed by atoms with van der Waals surface area (Å²) < 4.78 is 0. The number of hydrogen-bond acceptors (Lipinski definition) is 2. The van der Waals surface area contributed by atoms with Crippen molar-refractivity contribution in [2.75, 3.05) is 20.1 Å². The molecule has 2 aromatic rings. The van der Waals surface area contributed by atoms with Crippen LogP contribution in [0.1, 0.15) is 17.3 Å². The van der Waals surface area contributed by atoms with Crippen LogP contribution in [0.25, 0.3) is 10.9 Å². The fourth-order valence-electron chi connectivity index (χ4n) is 1.82. The maximum Gasteiger partial charge on any atom is 0.253 e. The van der Waals surface area contributed by atoms with Gasteiger partial charge in [0.15, 0.2) is 0 Å². The van der Waals surface area contributed by atoms with E-state index in [1.54, 1.807) is 18.1 Å². The largest absolute Gasteiger partial charge is 0.360 e. The third kappa shape index (κ3) is 2.76. The van der Waals surface area contributed by atoms with Crippen molar-refractivity contribution < 1.29 is 9.59 Å². The summed E-state index contributed by atoms with van der Waals surface area (Å²) in [5.41, 5.74) is 1.47. The van der Waals surface area contributed by atoms with Gasteiger partial charge in [0.05, 0.1) is 12.1 Å². The van der Waals surface area contributed by atoms with E-state index >= 15 is 0 Å². The topological polar surface area (TPSA) is 65.2 Å². The van der Waals surface area contributed by atoms with E-state index in [1.165, 1.54) is 0 Å². The highest BCUT2D eigenvalue weighted by Crippen LogP contribution is 2.17. The standard InChI is InChI=1S/C14H17N3O2/c1-3-17(2)13(18)9-16-14(19)11-8-15-12-7-5-4-6-10(11)12/h4-8,15H,3,9H2,1-2H3,(H,16,19). The normalized spacial score (nSPS) is 10.4. The molecule has 0 spiro atoms. The molecule has 1 heterocycles. The Hall–Kier alpha value is -2.30. The van der Waals surface area contributed by atoms with Crippen molar-refractivity contribution in [3.63, 3.8) is 0 Å². The van der Waals surface area contributed by atoms with Gasteiger partial charge in [-0.2, -0.15) is 0 Å². The Kier molecular flexibility index (Phi) is 3.85. The van der Waals surface area contributed by atoms with Crippen molar-refractivity contribution in [3.05, 3.63) is 36.0 Å². The van der Waals surface area contributed by atoms with Crippen molar-refractivity contribution in [2.45, 2.75) is 6.92 Å². The number of nitrogens with one attached hydrogen (secondary N) is 2. The molecule has 2 amide bonds. The van der Waals surface area contributed by atoms with E-state index in [2.05, 4.69) is 10.3 Å². The summed E-state index contributed by atoms with van der Waals surface area (Å²) in [5.74, 6) is -0.342. The molecule has 100 valence electrons. The molecule has 0 saturated heterocycles. The van der Waals surface area contributed by atoms with Crippen LogP contribution < -0.4 is 5.32 Å². The molecule has 0 aliphatic carbocycles. The summed E-state index contributed by atoms with van der Waals surface area (Å²) in [6.07, 6.45) is 1.66. The third-order valence-electron chi connectivity index (χ3n) is 3.13. The highest BCUT2D eigenvalue weighted by atomic mass is 16.2. The lowest BCUT2D eigenvalue weighted by Crippen LogP contribution is -2.37. The van der Waals surface area contributed by atoms with Crippen LogP contribution in [0, 0.1) is 0 Å². The molecule has 5 nitrogen and oxygen atoms in total. The Morgan fingerprint density at radius 3 is 2.79 bits per heavy atom. The highest BCUT2D eigenvalue weighted by Gasteiger charge is 2.13. The predicted molar refractivity (Wildman–Crippen MR) is 73.9 cm³/mol. The minimum absolute atomic E-state index is 0.0165. The Bertz CT molecular complexity index is 604. The zero-order chi connectivity index (χ0) is 13.8. The van der Waals surface area contributed by atoms with Crippen LogP contribution in [0.3, 0.4) is 0 Å². The molecular weight excluding hydrogens is 242 g/mol. The van der Waals surface area contributed by atoms with Gasteiger partial charge >= 0.3 is 0 Å². The maximum absolute atomic E-state index is 12.0. The van der Waals surface area contributed by atoms with Gasteiger partial charge in [0.25, 0.3) is 5.91 Å². The first-order valence-corrected chi connectivity index (χ1v) is 6.21. The first kappa shape index (κ1) is 13.1. The van der Waals surface area contributed by atoms with Crippen LogP contribution in [0.5, 0.6) is 0 Å². The number of fused-ring (bicyclic) bond motifs is 1. The highest BCUT2D eigenvalue weighted by molar-refractivity contribution is 6.07. The lowest BCUT2D eigenvalue weighted by atomic mass is 10.1. The Balaban J connectivity index is 2.06. The number of benzene rings is 1. The van der Waals surface area contributed by atoms with E-state index in [4.69, 9.17) is 0 Å². The SMILES string of the molecule is CCN(C)C(=O)CNC(=O)c1c[nH]c2ccccc12. The van der Waals surface area contributed by atoms with Crippen molar-refractivity contribution in [1.82, 2.24) is 15.2 Å². The van der Waals surface area contributed by atoms with Crippen LogP contribution >= 0.6 is 0 Å². The van der Waals surface area contributed by atoms with E-state index in [-0.39, 0.29) is 18.4 Å². The van der Waals surface area contributed by atoms with Crippen molar-refractivity contribution in [1.29, 1.82) is 0 Å². The predicted octanol–water partition coefficient (Wildman–Crippen LogP) is 1.38. The molecule has 2 N–H and O–H groups in total. The Morgan fingerprint density at radius 2 is 2.05 bits per heavy atom. The lowest BCUT2D eigenvalue weighted by molar-refractivity contribution is -0.128. The molecule has 0 aliphatic rings. The molecule has 0 atom stereocenters. The number of rotatable bonds is 4. The van der Waals surface area contributed by atoms with E-state index in [1.807, 2.05) is 31.2 Å². The van der Waals surface area contributed by atoms with Gasteiger partial charge in [0.1, 0.15) is 0 Å². The van der Waals surface area contributed by atoms with Gasteiger partial charge in [-0.15, -0.1) is 0 Å². The maximum atomic E-state index is 12.0. The van der Waals surface area contributed by atoms with Gasteiger partial charge in [-0.3, -0.25) is 9.59 Å². The van der Waals surface area contributed by atoms with Gasteiger partial charge in [-0.05, 0) is 13.0 Å². The van der Waals surface area contributed by atoms with Gasteiger partial charge in [0, 0.05) is 30.7 Å². The first-order chi connectivity index (χ1) is 9.13. The van der Waals surface area contributed by atoms with Crippen LogP contribution in [0.15, 0.2) is 30.5 Å². The zero-order valence-electron chi connectivity index (χ0n) is 11.1. The fraction of sp³-hybridized carbons (Fsp3) is 0.286. The molecule has 0 fully saturated rings. The van der Waals surface area contributed by atoms with Gasteiger partial charge in [0.2, 0.25) is 5.91 Å². The minimum Gasteiger partial charge on any atom is -0.360 e. The van der Waals surface area contributed by atoms with E-state index in [9.17, 15) is 9.59 Å². The van der Waals surface area contributed by atoms with E-state index in [0.29, 0.717) is 12.1 Å². The number of carbonyl (C=O) groups is 2. The minimum atomic E-state index is -0.240. The second kappa shape index (κ2) is 5.56. The summed E-state index contributed by atoms with van der Waals surface area (Å²) in [7, 11) is 1.71. The van der Waals surface area contributed by atoms with Crippen molar-refractivity contribution >= 4 is 22.7 Å². The molecule has 1 aromatic heterocycles. The molecule has 0 radical (unpaired) electrons. The monoisotopic (exact) mass is 259 g/mol. The number of hydrogen-bond donors (Lipinski definition) is 2. The molecule has 0 aliphatic heterocycles. The molecule has 19 heavy (non-hydrogen) atoms. The number of H-pyrrole nitrogens is 1. The first-order valence-electron chi connectivity index (χ1n) is 6.21. The average Bonchev–Trinajstić information content (AvgIpc) is 2.87. The van der Waals surface area contributed by atoms with E-state index in [0.717, 1.165) is 10.9 Å². The van der Waals surface area contributed by atoms with Crippen LogP contribution in [0.4, 0.5) is 0 Å². The second-order valence-electron chi connectivity index (χ2n) is 4.34. The van der Waals surface area contributed by atoms with Crippen molar-refractivity contribution in [3.8, 4) is 0 Å². The number of amides is 2. The number of aromatic amines is 1. The van der Waals surface area contributed by atoms with Crippen LogP contribution in [0.2, 0.25) is 0 Å². The summed E-state index contributed by atoms with van der Waals surface area (Å²) in [6, 6.07) is 7.56. The number of para-hydroxylation sites is 1. The molecule has 0 unspecified atom stereocenters. The third-order valence-corrected chi connectivity index (χ3v) is 3.13. The van der Waals surface area contributed by atoms with Crippen LogP contribution in [-0.4, -0.2) is 41.8 Å². The Morgan fingerprint density at radius 1 is 1.32 bits per heavy atom. The summed E-state index contributed by atoms with van der Waals surface area (Å²) in [5, 5.41) is 3.50. The van der Waals surface area contributed by atoms with Gasteiger partial charge < -0.3 is 15.2 Å². The quantitative estimate of drug-likeness (QED) is 0.871. The number of nitrogens with zero attached hydrogens (tertiary/aromatic N) is 1. The summed E-state index contributed by atoms with van der Waals surface area (Å²) >= 11 is 0.